The van der Waals surface area contributed by atoms with Crippen molar-refractivity contribution in [3.8, 4) is 28.7 Å². The standard InChI is InChI=1S/C28H34O14/c1-11-5-17(32)23(33)27(39-11)38-10-21-24(34)25(35)26(36)28(42-21)40-13-7-15(30)22-16(31)9-19(41-20(22)8-13)12-3-4-18(37-2)14(29)6-12/h3-4,6-8,11,17,19,21,23-30,32-36H,5,9-10H2,1-2H3/t11?,17?,19-,21?,23?,24+,25?,26?,27+,28+/m0/s1. The van der Waals surface area contributed by atoms with Gasteiger partial charge in [-0.05, 0) is 24.6 Å². The number of aliphatic hydroxyl groups is 5. The van der Waals surface area contributed by atoms with Crippen LogP contribution in [-0.4, -0.2) is 111 Å². The molecule has 2 aromatic rings. The summed E-state index contributed by atoms with van der Waals surface area (Å²) < 4.78 is 33.4. The molecule has 6 unspecified atom stereocenters. The third kappa shape index (κ3) is 5.98. The van der Waals surface area contributed by atoms with E-state index in [1.807, 2.05) is 0 Å². The summed E-state index contributed by atoms with van der Waals surface area (Å²) in [5, 5.41) is 72.4. The number of ether oxygens (including phenoxy) is 6. The Morgan fingerprint density at radius 1 is 0.905 bits per heavy atom. The molecule has 230 valence electrons. The molecule has 0 aromatic heterocycles. The van der Waals surface area contributed by atoms with Gasteiger partial charge >= 0.3 is 0 Å². The van der Waals surface area contributed by atoms with Crippen molar-refractivity contribution in [2.24, 2.45) is 0 Å². The van der Waals surface area contributed by atoms with E-state index in [4.69, 9.17) is 28.4 Å². The van der Waals surface area contributed by atoms with Gasteiger partial charge in [0.1, 0.15) is 59.4 Å². The zero-order valence-electron chi connectivity index (χ0n) is 22.8. The Kier molecular flexibility index (Phi) is 8.78. The molecule has 0 spiro atoms. The maximum atomic E-state index is 12.9. The Hall–Kier alpha value is -3.21. The van der Waals surface area contributed by atoms with Crippen LogP contribution in [0, 0.1) is 0 Å². The molecule has 0 amide bonds. The molecular weight excluding hydrogens is 560 g/mol. The summed E-state index contributed by atoms with van der Waals surface area (Å²) in [7, 11) is 1.40. The number of hydrogen-bond donors (Lipinski definition) is 7. The second-order valence-corrected chi connectivity index (χ2v) is 10.6. The van der Waals surface area contributed by atoms with Crippen molar-refractivity contribution in [2.45, 2.75) is 81.2 Å². The van der Waals surface area contributed by atoms with Crippen molar-refractivity contribution < 1.29 is 69.0 Å². The number of benzene rings is 2. The average molecular weight is 595 g/mol. The van der Waals surface area contributed by atoms with Crippen molar-refractivity contribution >= 4 is 5.78 Å². The molecule has 0 aliphatic carbocycles. The molecule has 2 saturated heterocycles. The highest BCUT2D eigenvalue weighted by Gasteiger charge is 2.46. The second-order valence-electron chi connectivity index (χ2n) is 10.6. The van der Waals surface area contributed by atoms with E-state index in [0.29, 0.717) is 5.56 Å². The van der Waals surface area contributed by atoms with E-state index < -0.39 is 79.6 Å². The molecule has 5 rings (SSSR count). The fourth-order valence-electron chi connectivity index (χ4n) is 5.22. The maximum Gasteiger partial charge on any atom is 0.229 e. The lowest BCUT2D eigenvalue weighted by Crippen LogP contribution is -2.60. The smallest absolute Gasteiger partial charge is 0.229 e. The Morgan fingerprint density at radius 3 is 2.38 bits per heavy atom. The van der Waals surface area contributed by atoms with E-state index >= 15 is 0 Å². The zero-order chi connectivity index (χ0) is 30.3. The first-order valence-electron chi connectivity index (χ1n) is 13.4. The molecule has 3 aliphatic heterocycles. The van der Waals surface area contributed by atoms with Crippen molar-refractivity contribution in [2.75, 3.05) is 13.7 Å². The van der Waals surface area contributed by atoms with Crippen molar-refractivity contribution in [3.05, 3.63) is 41.5 Å². The number of phenolic OH excluding ortho intramolecular Hbond substituents is 2. The van der Waals surface area contributed by atoms with E-state index in [1.54, 1.807) is 13.0 Å². The van der Waals surface area contributed by atoms with Crippen LogP contribution in [0.3, 0.4) is 0 Å². The Bertz CT molecular complexity index is 1290. The van der Waals surface area contributed by atoms with Gasteiger partial charge in [0.15, 0.2) is 23.6 Å². The Labute approximate surface area is 240 Å². The van der Waals surface area contributed by atoms with Gasteiger partial charge in [0.25, 0.3) is 0 Å². The number of Topliss-reactive ketones (excluding diaryl/α,β-unsaturated/α-hetero) is 1. The molecule has 3 heterocycles. The summed E-state index contributed by atoms with van der Waals surface area (Å²) in [4.78, 5) is 12.9. The summed E-state index contributed by atoms with van der Waals surface area (Å²) in [6.45, 7) is 1.28. The number of aliphatic hydroxyl groups excluding tert-OH is 5. The minimum absolute atomic E-state index is 0.0246. The molecule has 7 N–H and O–H groups in total. The largest absolute Gasteiger partial charge is 0.507 e. The summed E-state index contributed by atoms with van der Waals surface area (Å²) in [6, 6.07) is 6.98. The first kappa shape index (κ1) is 30.3. The molecule has 10 atom stereocenters. The van der Waals surface area contributed by atoms with Gasteiger partial charge in [-0.25, -0.2) is 0 Å². The van der Waals surface area contributed by atoms with Crippen LogP contribution in [0.25, 0.3) is 0 Å². The van der Waals surface area contributed by atoms with Crippen molar-refractivity contribution in [1.29, 1.82) is 0 Å². The highest BCUT2D eigenvalue weighted by atomic mass is 16.7. The zero-order valence-corrected chi connectivity index (χ0v) is 22.8. The first-order chi connectivity index (χ1) is 20.0. The summed E-state index contributed by atoms with van der Waals surface area (Å²) in [5.41, 5.74) is 0.406. The van der Waals surface area contributed by atoms with Gasteiger partial charge in [-0.2, -0.15) is 0 Å². The quantitative estimate of drug-likeness (QED) is 0.223. The van der Waals surface area contributed by atoms with Crippen LogP contribution in [0.2, 0.25) is 0 Å². The molecule has 3 aliphatic rings. The third-order valence-corrected chi connectivity index (χ3v) is 7.51. The molecule has 2 fully saturated rings. The molecule has 0 saturated carbocycles. The van der Waals surface area contributed by atoms with Crippen LogP contribution in [0.15, 0.2) is 30.3 Å². The van der Waals surface area contributed by atoms with Crippen LogP contribution >= 0.6 is 0 Å². The summed E-state index contributed by atoms with van der Waals surface area (Å²) >= 11 is 0. The van der Waals surface area contributed by atoms with Crippen molar-refractivity contribution in [1.82, 2.24) is 0 Å². The minimum Gasteiger partial charge on any atom is -0.507 e. The van der Waals surface area contributed by atoms with Crippen LogP contribution in [0.4, 0.5) is 0 Å². The number of ketones is 1. The third-order valence-electron chi connectivity index (χ3n) is 7.51. The van der Waals surface area contributed by atoms with E-state index in [1.165, 1.54) is 25.3 Å². The average Bonchev–Trinajstić information content (AvgIpc) is 2.94. The maximum absolute atomic E-state index is 12.9. The van der Waals surface area contributed by atoms with E-state index in [2.05, 4.69) is 0 Å². The fraction of sp³-hybridized carbons (Fsp3) is 0.536. The number of rotatable bonds is 7. The van der Waals surface area contributed by atoms with Gasteiger partial charge in [0, 0.05) is 18.6 Å². The van der Waals surface area contributed by atoms with Gasteiger partial charge in [0.2, 0.25) is 6.29 Å². The van der Waals surface area contributed by atoms with Crippen LogP contribution in [-0.2, 0) is 14.2 Å². The number of hydrogen-bond acceptors (Lipinski definition) is 14. The van der Waals surface area contributed by atoms with E-state index in [-0.39, 0.29) is 41.4 Å². The molecule has 14 nitrogen and oxygen atoms in total. The number of fused-ring (bicyclic) bond motifs is 1. The summed E-state index contributed by atoms with van der Waals surface area (Å²) in [5.74, 6) is -0.890. The molecular formula is C28H34O14. The monoisotopic (exact) mass is 594 g/mol. The highest BCUT2D eigenvalue weighted by Crippen LogP contribution is 2.43. The lowest BCUT2D eigenvalue weighted by Gasteiger charge is -2.41. The number of phenols is 2. The van der Waals surface area contributed by atoms with Gasteiger partial charge in [-0.15, -0.1) is 0 Å². The predicted octanol–water partition coefficient (Wildman–Crippen LogP) is -0.127. The summed E-state index contributed by atoms with van der Waals surface area (Å²) in [6.07, 6.45) is -12.7. The van der Waals surface area contributed by atoms with Gasteiger partial charge in [-0.1, -0.05) is 6.07 Å². The molecule has 14 heteroatoms. The van der Waals surface area contributed by atoms with Gasteiger partial charge in [-0.3, -0.25) is 4.79 Å². The predicted molar refractivity (Wildman–Crippen MR) is 139 cm³/mol. The normalized spacial score (nSPS) is 34.8. The van der Waals surface area contributed by atoms with Gasteiger partial charge < -0.3 is 64.2 Å². The first-order valence-corrected chi connectivity index (χ1v) is 13.4. The highest BCUT2D eigenvalue weighted by molar-refractivity contribution is 6.02. The number of methoxy groups -OCH3 is 1. The second kappa shape index (κ2) is 12.2. The Balaban J connectivity index is 1.31. The van der Waals surface area contributed by atoms with Crippen LogP contribution in [0.5, 0.6) is 28.7 Å². The molecule has 42 heavy (non-hydrogen) atoms. The minimum atomic E-state index is -1.73. The number of carbonyl (C=O) groups is 1. The lowest BCUT2D eigenvalue weighted by molar-refractivity contribution is -0.306. The SMILES string of the molecule is COc1ccc([C@@H]2CC(=O)c3c(O)cc(O[C@@H]4OC(CO[C@@H]5OC(C)CC(O)C5O)[C@@H](O)C(O)C4O)cc3O2)cc1O. The van der Waals surface area contributed by atoms with Crippen molar-refractivity contribution in [3.63, 3.8) is 0 Å². The number of aromatic hydroxyl groups is 2. The number of carbonyl (C=O) groups excluding carboxylic acids is 1. The van der Waals surface area contributed by atoms with Crippen LogP contribution < -0.4 is 14.2 Å². The van der Waals surface area contributed by atoms with Crippen LogP contribution in [0.1, 0.15) is 41.8 Å². The van der Waals surface area contributed by atoms with E-state index in [0.717, 1.165) is 6.07 Å². The topological polar surface area (TPSA) is 214 Å². The molecule has 2 aromatic carbocycles. The molecule has 0 bridgehead atoms. The van der Waals surface area contributed by atoms with Gasteiger partial charge in [0.05, 0.1) is 32.3 Å². The fourth-order valence-corrected chi connectivity index (χ4v) is 5.22. The van der Waals surface area contributed by atoms with E-state index in [9.17, 15) is 40.5 Å². The molecule has 0 radical (unpaired) electrons. The lowest BCUT2D eigenvalue weighted by atomic mass is 9.95. The Morgan fingerprint density at radius 2 is 1.67 bits per heavy atom.